The van der Waals surface area contributed by atoms with Crippen LogP contribution in [-0.2, 0) is 0 Å². The van der Waals surface area contributed by atoms with Crippen molar-refractivity contribution in [1.29, 1.82) is 0 Å². The lowest BCUT2D eigenvalue weighted by Gasteiger charge is -2.36. The van der Waals surface area contributed by atoms with Crippen LogP contribution in [0.4, 0.5) is 0 Å². The number of hydrogen-bond acceptors (Lipinski definition) is 3. The van der Waals surface area contributed by atoms with Gasteiger partial charge in [-0.15, -0.1) is 12.6 Å². The molecule has 2 rings (SSSR count). The Kier molecular flexibility index (Phi) is 4.53. The molecule has 1 unspecified atom stereocenters. The van der Waals surface area contributed by atoms with Gasteiger partial charge in [-0.05, 0) is 51.1 Å². The Hall–Kier alpha value is -1.00. The second-order valence-corrected chi connectivity index (χ2v) is 5.99. The van der Waals surface area contributed by atoms with E-state index >= 15 is 0 Å². The lowest BCUT2D eigenvalue weighted by molar-refractivity contribution is 0.0643. The van der Waals surface area contributed by atoms with Crippen molar-refractivity contribution in [2.45, 2.75) is 30.7 Å². The number of likely N-dealkylation sites (tertiary alicyclic amines) is 1. The lowest BCUT2D eigenvalue weighted by Crippen LogP contribution is -2.47. The molecule has 0 bridgehead atoms. The quantitative estimate of drug-likeness (QED) is 0.840. The van der Waals surface area contributed by atoms with E-state index < -0.39 is 0 Å². The number of likely N-dealkylation sites (N-methyl/N-ethyl adjacent to an activating group) is 2. The van der Waals surface area contributed by atoms with Crippen molar-refractivity contribution in [2.24, 2.45) is 0 Å². The number of rotatable bonds is 2. The molecule has 0 radical (unpaired) electrons. The van der Waals surface area contributed by atoms with Crippen LogP contribution < -0.4 is 0 Å². The molecular weight excluding hydrogens is 256 g/mol. The summed E-state index contributed by atoms with van der Waals surface area (Å²) < 4.78 is 0. The number of benzene rings is 1. The molecule has 0 aliphatic carbocycles. The maximum Gasteiger partial charge on any atom is 0.254 e. The maximum atomic E-state index is 12.6. The van der Waals surface area contributed by atoms with Crippen molar-refractivity contribution in [2.75, 3.05) is 27.2 Å². The Labute approximate surface area is 121 Å². The van der Waals surface area contributed by atoms with Gasteiger partial charge in [0.25, 0.3) is 5.91 Å². The molecule has 1 atom stereocenters. The summed E-state index contributed by atoms with van der Waals surface area (Å²) in [5.74, 6) is 0.105. The van der Waals surface area contributed by atoms with Gasteiger partial charge in [0.1, 0.15) is 0 Å². The molecule has 3 nitrogen and oxygen atoms in total. The molecule has 1 aliphatic rings. The van der Waals surface area contributed by atoms with Crippen LogP contribution in [0.3, 0.4) is 0 Å². The second kappa shape index (κ2) is 5.97. The van der Waals surface area contributed by atoms with Crippen LogP contribution in [0.1, 0.15) is 28.8 Å². The van der Waals surface area contributed by atoms with Crippen molar-refractivity contribution in [3.05, 3.63) is 29.3 Å². The topological polar surface area (TPSA) is 23.6 Å². The predicted molar refractivity (Wildman–Crippen MR) is 81.0 cm³/mol. The van der Waals surface area contributed by atoms with Crippen LogP contribution in [0.5, 0.6) is 0 Å². The smallest absolute Gasteiger partial charge is 0.254 e. The van der Waals surface area contributed by atoms with Gasteiger partial charge >= 0.3 is 0 Å². The van der Waals surface area contributed by atoms with E-state index in [2.05, 4.69) is 24.6 Å². The van der Waals surface area contributed by atoms with E-state index in [4.69, 9.17) is 0 Å². The van der Waals surface area contributed by atoms with Crippen LogP contribution >= 0.6 is 12.6 Å². The molecule has 0 aromatic heterocycles. The molecule has 4 heteroatoms. The van der Waals surface area contributed by atoms with E-state index in [0.29, 0.717) is 6.04 Å². The lowest BCUT2D eigenvalue weighted by atomic mass is 10.0. The van der Waals surface area contributed by atoms with Crippen LogP contribution in [-0.4, -0.2) is 48.9 Å². The van der Waals surface area contributed by atoms with Gasteiger partial charge in [-0.3, -0.25) is 4.79 Å². The van der Waals surface area contributed by atoms with Gasteiger partial charge in [-0.2, -0.15) is 0 Å². The Morgan fingerprint density at radius 3 is 2.89 bits per heavy atom. The van der Waals surface area contributed by atoms with Crippen molar-refractivity contribution >= 4 is 18.5 Å². The molecule has 0 N–H and O–H groups in total. The zero-order valence-corrected chi connectivity index (χ0v) is 12.8. The van der Waals surface area contributed by atoms with E-state index in [0.717, 1.165) is 42.0 Å². The molecule has 0 spiro atoms. The summed E-state index contributed by atoms with van der Waals surface area (Å²) in [6.45, 7) is 4.06. The highest BCUT2D eigenvalue weighted by atomic mass is 32.1. The number of carbonyl (C=O) groups is 1. The number of hydrogen-bond donors (Lipinski definition) is 1. The molecule has 1 aromatic carbocycles. The molecule has 1 heterocycles. The van der Waals surface area contributed by atoms with Crippen molar-refractivity contribution in [3.63, 3.8) is 0 Å². The summed E-state index contributed by atoms with van der Waals surface area (Å²) in [6, 6.07) is 6.05. The SMILES string of the molecule is Cc1ccc(S)cc1C(=O)N(C)C1CCCN(C)C1. The summed E-state index contributed by atoms with van der Waals surface area (Å²) in [5, 5.41) is 0. The third kappa shape index (κ3) is 3.31. The first-order valence-corrected chi connectivity index (χ1v) is 7.19. The molecule has 1 saturated heterocycles. The summed E-state index contributed by atoms with van der Waals surface area (Å²) in [5.41, 5.74) is 1.78. The Morgan fingerprint density at radius 1 is 1.47 bits per heavy atom. The fourth-order valence-electron chi connectivity index (χ4n) is 2.65. The number of nitrogens with zero attached hydrogens (tertiary/aromatic N) is 2. The number of amides is 1. The van der Waals surface area contributed by atoms with Gasteiger partial charge in [-0.1, -0.05) is 6.07 Å². The number of carbonyl (C=O) groups excluding carboxylic acids is 1. The first-order chi connectivity index (χ1) is 8.99. The third-order valence-electron chi connectivity index (χ3n) is 3.92. The summed E-state index contributed by atoms with van der Waals surface area (Å²) in [7, 11) is 4.03. The van der Waals surface area contributed by atoms with Gasteiger partial charge in [0.2, 0.25) is 0 Å². The monoisotopic (exact) mass is 278 g/mol. The van der Waals surface area contributed by atoms with E-state index in [1.165, 1.54) is 0 Å². The first-order valence-electron chi connectivity index (χ1n) is 6.74. The van der Waals surface area contributed by atoms with Crippen LogP contribution in [0.15, 0.2) is 23.1 Å². The highest BCUT2D eigenvalue weighted by molar-refractivity contribution is 7.80. The fourth-order valence-corrected chi connectivity index (χ4v) is 2.86. The highest BCUT2D eigenvalue weighted by Crippen LogP contribution is 2.19. The molecule has 0 saturated carbocycles. The predicted octanol–water partition coefficient (Wildman–Crippen LogP) is 2.45. The van der Waals surface area contributed by atoms with Crippen molar-refractivity contribution < 1.29 is 4.79 Å². The van der Waals surface area contributed by atoms with Gasteiger partial charge in [0.15, 0.2) is 0 Å². The molecule has 1 amide bonds. The van der Waals surface area contributed by atoms with Gasteiger partial charge in [0.05, 0.1) is 0 Å². The second-order valence-electron chi connectivity index (χ2n) is 5.47. The minimum Gasteiger partial charge on any atom is -0.337 e. The number of aryl methyl sites for hydroxylation is 1. The first kappa shape index (κ1) is 14.4. The zero-order valence-electron chi connectivity index (χ0n) is 11.9. The highest BCUT2D eigenvalue weighted by Gasteiger charge is 2.25. The van der Waals surface area contributed by atoms with E-state index in [1.54, 1.807) is 0 Å². The van der Waals surface area contributed by atoms with Gasteiger partial charge in [0, 0.05) is 30.1 Å². The van der Waals surface area contributed by atoms with E-state index in [-0.39, 0.29) is 5.91 Å². The largest absolute Gasteiger partial charge is 0.337 e. The Bertz CT molecular complexity index is 475. The number of piperidine rings is 1. The minimum absolute atomic E-state index is 0.105. The summed E-state index contributed by atoms with van der Waals surface area (Å²) in [6.07, 6.45) is 2.25. The molecular formula is C15H22N2OS. The minimum atomic E-state index is 0.105. The summed E-state index contributed by atoms with van der Waals surface area (Å²) >= 11 is 4.33. The van der Waals surface area contributed by atoms with E-state index in [9.17, 15) is 4.79 Å². The molecule has 104 valence electrons. The van der Waals surface area contributed by atoms with Crippen LogP contribution in [0.25, 0.3) is 0 Å². The molecule has 1 aliphatic heterocycles. The third-order valence-corrected chi connectivity index (χ3v) is 4.20. The molecule has 1 fully saturated rings. The zero-order chi connectivity index (χ0) is 14.0. The van der Waals surface area contributed by atoms with Crippen molar-refractivity contribution in [1.82, 2.24) is 9.80 Å². The Balaban J connectivity index is 2.16. The molecule has 1 aromatic rings. The molecule has 19 heavy (non-hydrogen) atoms. The Morgan fingerprint density at radius 2 is 2.21 bits per heavy atom. The van der Waals surface area contributed by atoms with Gasteiger partial charge in [-0.25, -0.2) is 0 Å². The average Bonchev–Trinajstić information content (AvgIpc) is 2.40. The standard InChI is InChI=1S/C15H22N2OS/c1-11-6-7-13(19)9-14(11)15(18)17(3)12-5-4-8-16(2)10-12/h6-7,9,12,19H,4-5,8,10H2,1-3H3. The number of thiol groups is 1. The maximum absolute atomic E-state index is 12.6. The van der Waals surface area contributed by atoms with Crippen LogP contribution in [0, 0.1) is 6.92 Å². The van der Waals surface area contributed by atoms with Crippen LogP contribution in [0.2, 0.25) is 0 Å². The van der Waals surface area contributed by atoms with Crippen molar-refractivity contribution in [3.8, 4) is 0 Å². The normalized spacial score (nSPS) is 20.3. The van der Waals surface area contributed by atoms with E-state index in [1.807, 2.05) is 37.1 Å². The summed E-state index contributed by atoms with van der Waals surface area (Å²) in [4.78, 5) is 17.6. The average molecular weight is 278 g/mol. The fraction of sp³-hybridized carbons (Fsp3) is 0.533. The van der Waals surface area contributed by atoms with Gasteiger partial charge < -0.3 is 9.80 Å².